The minimum Gasteiger partial charge on any atom is -0.490 e. The molecule has 2 aromatic rings. The first-order valence-electron chi connectivity index (χ1n) is 8.61. The Morgan fingerprint density at radius 3 is 2.52 bits per heavy atom. The Morgan fingerprint density at radius 2 is 1.88 bits per heavy atom. The quantitative estimate of drug-likeness (QED) is 0.825. The van der Waals surface area contributed by atoms with Crippen molar-refractivity contribution in [1.29, 1.82) is 0 Å². The standard InChI is InChI=1S/C21H24N2O2/c1-2-12-25-19-10-8-17(9-11-19)21(24)23-14-18(13-22)20(15-23)16-6-4-3-5-7-16/h2-11,18,20H,1,12-15,22H2/t18-,20+/m1/s1. The molecule has 0 spiro atoms. The smallest absolute Gasteiger partial charge is 0.253 e. The molecular formula is C21H24N2O2. The van der Waals surface area contributed by atoms with Gasteiger partial charge in [0, 0.05) is 24.6 Å². The number of hydrogen-bond acceptors (Lipinski definition) is 3. The van der Waals surface area contributed by atoms with Gasteiger partial charge in [0.1, 0.15) is 12.4 Å². The minimum atomic E-state index is 0.0483. The van der Waals surface area contributed by atoms with Crippen LogP contribution in [-0.4, -0.2) is 37.0 Å². The van der Waals surface area contributed by atoms with Crippen LogP contribution in [0.5, 0.6) is 5.75 Å². The normalized spacial score (nSPS) is 19.6. The third kappa shape index (κ3) is 3.91. The number of rotatable bonds is 6. The Kier molecular flexibility index (Phi) is 5.51. The van der Waals surface area contributed by atoms with Gasteiger partial charge in [0.2, 0.25) is 0 Å². The first-order valence-corrected chi connectivity index (χ1v) is 8.61. The molecule has 0 aromatic heterocycles. The molecule has 1 saturated heterocycles. The number of ether oxygens (including phenoxy) is 1. The highest BCUT2D eigenvalue weighted by molar-refractivity contribution is 5.94. The van der Waals surface area contributed by atoms with Gasteiger partial charge >= 0.3 is 0 Å². The van der Waals surface area contributed by atoms with Crippen molar-refractivity contribution < 1.29 is 9.53 Å². The van der Waals surface area contributed by atoms with Gasteiger partial charge in [-0.25, -0.2) is 0 Å². The monoisotopic (exact) mass is 336 g/mol. The van der Waals surface area contributed by atoms with Crippen LogP contribution in [-0.2, 0) is 0 Å². The Balaban J connectivity index is 1.71. The van der Waals surface area contributed by atoms with Crippen LogP contribution in [0.3, 0.4) is 0 Å². The van der Waals surface area contributed by atoms with Gasteiger partial charge in [-0.15, -0.1) is 0 Å². The van der Waals surface area contributed by atoms with Crippen LogP contribution in [0, 0.1) is 5.92 Å². The third-order valence-electron chi connectivity index (χ3n) is 4.73. The van der Waals surface area contributed by atoms with Crippen molar-refractivity contribution in [2.24, 2.45) is 11.7 Å². The molecule has 2 atom stereocenters. The molecule has 0 bridgehead atoms. The Bertz CT molecular complexity index is 712. The van der Waals surface area contributed by atoms with E-state index in [9.17, 15) is 4.79 Å². The van der Waals surface area contributed by atoms with Gasteiger partial charge in [0.15, 0.2) is 0 Å². The van der Waals surface area contributed by atoms with Gasteiger partial charge in [-0.2, -0.15) is 0 Å². The molecule has 0 unspecified atom stereocenters. The van der Waals surface area contributed by atoms with Crippen molar-refractivity contribution >= 4 is 5.91 Å². The van der Waals surface area contributed by atoms with E-state index in [1.54, 1.807) is 6.08 Å². The summed E-state index contributed by atoms with van der Waals surface area (Å²) in [6.45, 7) is 6.07. The van der Waals surface area contributed by atoms with Crippen LogP contribution in [0.1, 0.15) is 21.8 Å². The van der Waals surface area contributed by atoms with E-state index >= 15 is 0 Å². The lowest BCUT2D eigenvalue weighted by Gasteiger charge is -2.17. The first kappa shape index (κ1) is 17.2. The molecule has 1 fully saturated rings. The lowest BCUT2D eigenvalue weighted by molar-refractivity contribution is 0.0786. The van der Waals surface area contributed by atoms with Crippen molar-refractivity contribution in [3.05, 3.63) is 78.4 Å². The van der Waals surface area contributed by atoms with E-state index in [0.717, 1.165) is 5.75 Å². The molecule has 25 heavy (non-hydrogen) atoms. The highest BCUT2D eigenvalue weighted by atomic mass is 16.5. The summed E-state index contributed by atoms with van der Waals surface area (Å²) in [5.41, 5.74) is 7.89. The molecule has 1 aliphatic rings. The fourth-order valence-electron chi connectivity index (χ4n) is 3.39. The topological polar surface area (TPSA) is 55.6 Å². The van der Waals surface area contributed by atoms with E-state index in [1.165, 1.54) is 5.56 Å². The summed E-state index contributed by atoms with van der Waals surface area (Å²) in [6.07, 6.45) is 1.69. The maximum absolute atomic E-state index is 12.8. The number of carbonyl (C=O) groups is 1. The van der Waals surface area contributed by atoms with Gasteiger partial charge in [0.05, 0.1) is 0 Å². The second-order valence-corrected chi connectivity index (χ2v) is 6.35. The van der Waals surface area contributed by atoms with Crippen LogP contribution in [0.15, 0.2) is 67.3 Å². The van der Waals surface area contributed by atoms with Crippen molar-refractivity contribution in [2.45, 2.75) is 5.92 Å². The zero-order chi connectivity index (χ0) is 17.6. The summed E-state index contributed by atoms with van der Waals surface area (Å²) in [4.78, 5) is 14.8. The van der Waals surface area contributed by atoms with Gasteiger partial charge in [-0.05, 0) is 42.3 Å². The molecule has 0 radical (unpaired) electrons. The Morgan fingerprint density at radius 1 is 1.16 bits per heavy atom. The van der Waals surface area contributed by atoms with Crippen LogP contribution < -0.4 is 10.5 Å². The van der Waals surface area contributed by atoms with Crippen LogP contribution in [0.25, 0.3) is 0 Å². The summed E-state index contributed by atoms with van der Waals surface area (Å²) in [5.74, 6) is 1.37. The lowest BCUT2D eigenvalue weighted by Crippen LogP contribution is -2.29. The number of benzene rings is 2. The average Bonchev–Trinajstić information content (AvgIpc) is 3.11. The summed E-state index contributed by atoms with van der Waals surface area (Å²) in [5, 5.41) is 0. The van der Waals surface area contributed by atoms with Crippen molar-refractivity contribution in [3.8, 4) is 5.75 Å². The van der Waals surface area contributed by atoms with Crippen LogP contribution in [0.2, 0.25) is 0 Å². The van der Waals surface area contributed by atoms with Gasteiger partial charge in [0.25, 0.3) is 5.91 Å². The molecule has 2 aromatic carbocycles. The van der Waals surface area contributed by atoms with E-state index in [4.69, 9.17) is 10.5 Å². The molecular weight excluding hydrogens is 312 g/mol. The van der Waals surface area contributed by atoms with Crippen LogP contribution >= 0.6 is 0 Å². The molecule has 2 N–H and O–H groups in total. The molecule has 0 aliphatic carbocycles. The van der Waals surface area contributed by atoms with Crippen LogP contribution in [0.4, 0.5) is 0 Å². The number of nitrogens with zero attached hydrogens (tertiary/aromatic N) is 1. The lowest BCUT2D eigenvalue weighted by atomic mass is 9.89. The predicted octanol–water partition coefficient (Wildman–Crippen LogP) is 3.07. The minimum absolute atomic E-state index is 0.0483. The average molecular weight is 336 g/mol. The van der Waals surface area contributed by atoms with Crippen molar-refractivity contribution in [2.75, 3.05) is 26.2 Å². The largest absolute Gasteiger partial charge is 0.490 e. The zero-order valence-corrected chi connectivity index (χ0v) is 14.3. The van der Waals surface area contributed by atoms with Gasteiger partial charge < -0.3 is 15.4 Å². The molecule has 4 heteroatoms. The molecule has 1 heterocycles. The summed E-state index contributed by atoms with van der Waals surface area (Å²) < 4.78 is 5.47. The second-order valence-electron chi connectivity index (χ2n) is 6.35. The SMILES string of the molecule is C=CCOc1ccc(C(=O)N2C[C@@H](CN)[C@H](c3ccccc3)C2)cc1. The van der Waals surface area contributed by atoms with E-state index in [2.05, 4.69) is 18.7 Å². The van der Waals surface area contributed by atoms with E-state index in [1.807, 2.05) is 47.4 Å². The predicted molar refractivity (Wildman–Crippen MR) is 99.8 cm³/mol. The summed E-state index contributed by atoms with van der Waals surface area (Å²) in [7, 11) is 0. The van der Waals surface area contributed by atoms with E-state index < -0.39 is 0 Å². The third-order valence-corrected chi connectivity index (χ3v) is 4.73. The molecule has 3 rings (SSSR count). The zero-order valence-electron chi connectivity index (χ0n) is 14.3. The van der Waals surface area contributed by atoms with Crippen molar-refractivity contribution in [1.82, 2.24) is 4.90 Å². The number of amides is 1. The molecule has 0 saturated carbocycles. The highest BCUT2D eigenvalue weighted by Gasteiger charge is 2.35. The Hall–Kier alpha value is -2.59. The van der Waals surface area contributed by atoms with Gasteiger partial charge in [-0.1, -0.05) is 43.0 Å². The maximum atomic E-state index is 12.8. The van der Waals surface area contributed by atoms with Crippen molar-refractivity contribution in [3.63, 3.8) is 0 Å². The fraction of sp³-hybridized carbons (Fsp3) is 0.286. The van der Waals surface area contributed by atoms with Gasteiger partial charge in [-0.3, -0.25) is 4.79 Å². The first-order chi connectivity index (χ1) is 12.2. The molecule has 1 amide bonds. The van der Waals surface area contributed by atoms with E-state index in [0.29, 0.717) is 43.6 Å². The summed E-state index contributed by atoms with van der Waals surface area (Å²) in [6, 6.07) is 17.6. The highest BCUT2D eigenvalue weighted by Crippen LogP contribution is 2.32. The fourth-order valence-corrected chi connectivity index (χ4v) is 3.39. The molecule has 130 valence electrons. The molecule has 4 nitrogen and oxygen atoms in total. The molecule has 1 aliphatic heterocycles. The number of carbonyl (C=O) groups excluding carboxylic acids is 1. The van der Waals surface area contributed by atoms with E-state index in [-0.39, 0.29) is 5.91 Å². The maximum Gasteiger partial charge on any atom is 0.253 e. The number of nitrogens with two attached hydrogens (primary N) is 1. The summed E-state index contributed by atoms with van der Waals surface area (Å²) >= 11 is 0. The second kappa shape index (κ2) is 7.99. The number of hydrogen-bond donors (Lipinski definition) is 1. The number of likely N-dealkylation sites (tertiary alicyclic amines) is 1. The Labute approximate surface area is 148 Å².